The summed E-state index contributed by atoms with van der Waals surface area (Å²) >= 11 is 1.53. The molecular formula is C25H29N4O2S+. The molecule has 0 unspecified atom stereocenters. The lowest BCUT2D eigenvalue weighted by molar-refractivity contribution is -0.870. The molecule has 166 valence electrons. The van der Waals surface area contributed by atoms with E-state index in [2.05, 4.69) is 52.7 Å². The number of hydrogen-bond acceptors (Lipinski definition) is 5. The smallest absolute Gasteiger partial charge is 0.272 e. The van der Waals surface area contributed by atoms with Crippen LogP contribution in [0.5, 0.6) is 0 Å². The van der Waals surface area contributed by atoms with E-state index in [1.165, 1.54) is 30.0 Å². The number of pyridine rings is 2. The molecule has 0 bridgehead atoms. The molecule has 2 amide bonds. The Hall–Kier alpha value is -2.74. The van der Waals surface area contributed by atoms with Crippen molar-refractivity contribution in [1.82, 2.24) is 15.4 Å². The molecule has 3 heterocycles. The highest BCUT2D eigenvalue weighted by molar-refractivity contribution is 7.99. The van der Waals surface area contributed by atoms with Crippen LogP contribution in [0.4, 0.5) is 4.79 Å². The number of aromatic nitrogens is 2. The van der Waals surface area contributed by atoms with Crippen LogP contribution in [0.3, 0.4) is 0 Å². The molecule has 2 aromatic heterocycles. The second-order valence-corrected chi connectivity index (χ2v) is 9.31. The van der Waals surface area contributed by atoms with E-state index in [1.807, 2.05) is 30.5 Å². The Bertz CT molecular complexity index is 1040. The Kier molecular flexibility index (Phi) is 7.19. The van der Waals surface area contributed by atoms with Crippen LogP contribution >= 0.6 is 11.8 Å². The summed E-state index contributed by atoms with van der Waals surface area (Å²) in [4.78, 5) is 27.0. The first-order valence-electron chi connectivity index (χ1n) is 10.9. The summed E-state index contributed by atoms with van der Waals surface area (Å²) in [5, 5.41) is 1.80. The fourth-order valence-electron chi connectivity index (χ4n) is 4.46. The molecule has 0 aliphatic carbocycles. The number of piperidine rings is 1. The predicted molar refractivity (Wildman–Crippen MR) is 125 cm³/mol. The van der Waals surface area contributed by atoms with Crippen molar-refractivity contribution in [3.05, 3.63) is 83.7 Å². The third-order valence-corrected chi connectivity index (χ3v) is 7.09. The second-order valence-electron chi connectivity index (χ2n) is 8.27. The molecule has 4 rings (SSSR count). The van der Waals surface area contributed by atoms with Crippen LogP contribution in [0.2, 0.25) is 0 Å². The largest absolute Gasteiger partial charge is 0.440 e. The average Bonchev–Trinajstić information content (AvgIpc) is 2.82. The summed E-state index contributed by atoms with van der Waals surface area (Å²) in [7, 11) is 1.49. The van der Waals surface area contributed by atoms with Gasteiger partial charge in [0.2, 0.25) is 0 Å². The SMILES string of the molecule is CONC(=O)[N+]1(Cc2ccc(Sc3ccccn3)nc2)CCC(c2ccccc2C)CC1. The molecule has 0 radical (unpaired) electrons. The van der Waals surface area contributed by atoms with Gasteiger partial charge in [0, 0.05) is 30.8 Å². The number of benzene rings is 1. The summed E-state index contributed by atoms with van der Waals surface area (Å²) in [5.41, 5.74) is 6.35. The highest BCUT2D eigenvalue weighted by atomic mass is 32.2. The van der Waals surface area contributed by atoms with Crippen LogP contribution in [0.15, 0.2) is 77.0 Å². The Labute approximate surface area is 193 Å². The number of nitrogens with one attached hydrogen (secondary N) is 1. The van der Waals surface area contributed by atoms with E-state index in [0.717, 1.165) is 41.5 Å². The van der Waals surface area contributed by atoms with E-state index in [0.29, 0.717) is 16.9 Å². The summed E-state index contributed by atoms with van der Waals surface area (Å²) in [5.74, 6) is 0.480. The normalized spacial score (nSPS) is 20.6. The van der Waals surface area contributed by atoms with Gasteiger partial charge < -0.3 is 0 Å². The average molecular weight is 450 g/mol. The monoisotopic (exact) mass is 449 g/mol. The zero-order valence-electron chi connectivity index (χ0n) is 18.5. The fraction of sp³-hybridized carbons (Fsp3) is 0.320. The molecule has 1 saturated heterocycles. The zero-order valence-corrected chi connectivity index (χ0v) is 19.3. The van der Waals surface area contributed by atoms with Crippen molar-refractivity contribution in [2.24, 2.45) is 0 Å². The maximum absolute atomic E-state index is 13.0. The number of carbonyl (C=O) groups is 1. The van der Waals surface area contributed by atoms with Gasteiger partial charge in [-0.2, -0.15) is 5.48 Å². The van der Waals surface area contributed by atoms with E-state index < -0.39 is 0 Å². The van der Waals surface area contributed by atoms with E-state index in [4.69, 9.17) is 4.84 Å². The first-order chi connectivity index (χ1) is 15.6. The highest BCUT2D eigenvalue weighted by Gasteiger charge is 2.42. The molecule has 32 heavy (non-hydrogen) atoms. The number of likely N-dealkylation sites (tertiary alicyclic amines) is 1. The lowest BCUT2D eigenvalue weighted by atomic mass is 9.86. The summed E-state index contributed by atoms with van der Waals surface area (Å²) in [6.07, 6.45) is 5.57. The molecule has 0 atom stereocenters. The highest BCUT2D eigenvalue weighted by Crippen LogP contribution is 2.35. The van der Waals surface area contributed by atoms with Crippen LogP contribution in [-0.4, -0.2) is 40.7 Å². The molecule has 0 saturated carbocycles. The predicted octanol–water partition coefficient (Wildman–Crippen LogP) is 5.10. The molecule has 0 spiro atoms. The quantitative estimate of drug-likeness (QED) is 0.419. The van der Waals surface area contributed by atoms with E-state index in [1.54, 1.807) is 6.20 Å². The van der Waals surface area contributed by atoms with Gasteiger partial charge in [0.1, 0.15) is 16.6 Å². The lowest BCUT2D eigenvalue weighted by Crippen LogP contribution is -2.59. The molecule has 1 aromatic carbocycles. The molecule has 1 aliphatic heterocycles. The van der Waals surface area contributed by atoms with Gasteiger partial charge in [-0.3, -0.25) is 4.84 Å². The minimum absolute atomic E-state index is 0.0947. The van der Waals surface area contributed by atoms with Crippen LogP contribution in [0.25, 0.3) is 0 Å². The van der Waals surface area contributed by atoms with Gasteiger partial charge in [0.15, 0.2) is 0 Å². The number of aryl methyl sites for hydroxylation is 1. The summed E-state index contributed by atoms with van der Waals surface area (Å²) in [6.45, 7) is 4.29. The van der Waals surface area contributed by atoms with Crippen molar-refractivity contribution in [3.63, 3.8) is 0 Å². The van der Waals surface area contributed by atoms with Crippen molar-refractivity contribution in [3.8, 4) is 0 Å². The Morgan fingerprint density at radius 2 is 1.81 bits per heavy atom. The van der Waals surface area contributed by atoms with Gasteiger partial charge >= 0.3 is 6.03 Å². The van der Waals surface area contributed by atoms with Gasteiger partial charge in [-0.25, -0.2) is 19.2 Å². The third kappa shape index (κ3) is 5.18. The van der Waals surface area contributed by atoms with Crippen molar-refractivity contribution >= 4 is 17.8 Å². The minimum Gasteiger partial charge on any atom is -0.272 e. The van der Waals surface area contributed by atoms with E-state index >= 15 is 0 Å². The number of quaternary nitrogens is 1. The molecule has 1 aliphatic rings. The summed E-state index contributed by atoms with van der Waals surface area (Å²) < 4.78 is 0.324. The number of hydroxylamine groups is 1. The number of carbonyl (C=O) groups excluding carboxylic acids is 1. The van der Waals surface area contributed by atoms with Gasteiger partial charge in [-0.05, 0) is 48.2 Å². The first kappa shape index (κ1) is 22.5. The molecular weight excluding hydrogens is 420 g/mol. The van der Waals surface area contributed by atoms with Gasteiger partial charge in [-0.1, -0.05) is 42.1 Å². The third-order valence-electron chi connectivity index (χ3n) is 6.19. The van der Waals surface area contributed by atoms with Gasteiger partial charge in [0.05, 0.1) is 20.2 Å². The van der Waals surface area contributed by atoms with Crippen LogP contribution in [0.1, 0.15) is 35.4 Å². The first-order valence-corrected chi connectivity index (χ1v) is 11.7. The van der Waals surface area contributed by atoms with Crippen molar-refractivity contribution in [2.45, 2.75) is 42.3 Å². The Balaban J connectivity index is 1.48. The lowest BCUT2D eigenvalue weighted by Gasteiger charge is -2.41. The van der Waals surface area contributed by atoms with Crippen LogP contribution in [0, 0.1) is 6.92 Å². The number of urea groups is 1. The molecule has 1 N–H and O–H groups in total. The minimum atomic E-state index is -0.0947. The second kappa shape index (κ2) is 10.3. The number of rotatable bonds is 6. The zero-order chi connectivity index (χ0) is 22.4. The van der Waals surface area contributed by atoms with Crippen molar-refractivity contribution in [1.29, 1.82) is 0 Å². The maximum atomic E-state index is 13.0. The Morgan fingerprint density at radius 3 is 2.47 bits per heavy atom. The fourth-order valence-corrected chi connectivity index (χ4v) is 5.18. The van der Waals surface area contributed by atoms with Gasteiger partial charge in [-0.15, -0.1) is 0 Å². The molecule has 3 aromatic rings. The van der Waals surface area contributed by atoms with E-state index in [-0.39, 0.29) is 6.03 Å². The topological polar surface area (TPSA) is 64.1 Å². The van der Waals surface area contributed by atoms with Crippen molar-refractivity contribution in [2.75, 3.05) is 20.2 Å². The molecule has 7 heteroatoms. The maximum Gasteiger partial charge on any atom is 0.440 e. The molecule has 6 nitrogen and oxygen atoms in total. The van der Waals surface area contributed by atoms with Crippen molar-refractivity contribution < 1.29 is 14.1 Å². The van der Waals surface area contributed by atoms with E-state index in [9.17, 15) is 4.79 Å². The summed E-state index contributed by atoms with van der Waals surface area (Å²) in [6, 6.07) is 18.4. The molecule has 1 fully saturated rings. The van der Waals surface area contributed by atoms with Crippen LogP contribution in [-0.2, 0) is 11.4 Å². The van der Waals surface area contributed by atoms with Crippen LogP contribution < -0.4 is 5.48 Å². The number of amides is 2. The van der Waals surface area contributed by atoms with Gasteiger partial charge in [0.25, 0.3) is 0 Å². The Morgan fingerprint density at radius 1 is 1.06 bits per heavy atom. The number of nitrogens with zero attached hydrogens (tertiary/aromatic N) is 3. The standard InChI is InChI=1S/C25H28N4O2S/c1-19-7-3-4-8-22(19)21-12-15-29(16-13-21,25(30)28-31-2)18-20-10-11-24(27-17-20)32-23-9-5-6-14-26-23/h3-11,14,17,21H,12-13,15-16,18H2,1-2H3/p+1. The number of hydrogen-bond donors (Lipinski definition) is 1.